The number of nitrogens with one attached hydrogen (secondary N) is 1. The quantitative estimate of drug-likeness (QED) is 0.847. The number of hydrogen-bond donors (Lipinski definition) is 1. The normalized spacial score (nSPS) is 12.9. The Balaban J connectivity index is 2.81. The Morgan fingerprint density at radius 2 is 2.11 bits per heavy atom. The topological polar surface area (TPSA) is 38.3 Å². The summed E-state index contributed by atoms with van der Waals surface area (Å²) in [6, 6.07) is 6.94. The summed E-state index contributed by atoms with van der Waals surface area (Å²) in [6.45, 7) is 6.26. The molecule has 3 nitrogen and oxygen atoms in total. The lowest BCUT2D eigenvalue weighted by atomic mass is 9.88. The average molecular weight is 270 g/mol. The number of carbonyl (C=O) groups excluding carboxylic acids is 1. The molecule has 0 spiro atoms. The van der Waals surface area contributed by atoms with Crippen molar-refractivity contribution in [3.05, 3.63) is 29.3 Å². The van der Waals surface area contributed by atoms with Crippen LogP contribution in [0.3, 0.4) is 0 Å². The summed E-state index contributed by atoms with van der Waals surface area (Å²) >= 11 is 5.92. The zero-order valence-corrected chi connectivity index (χ0v) is 12.0. The first kappa shape index (κ1) is 14.8. The van der Waals surface area contributed by atoms with Crippen molar-refractivity contribution < 1.29 is 9.53 Å². The summed E-state index contributed by atoms with van der Waals surface area (Å²) in [5.74, 6) is -0.259. The second kappa shape index (κ2) is 6.10. The summed E-state index contributed by atoms with van der Waals surface area (Å²) in [5, 5.41) is 3.81. The zero-order chi connectivity index (χ0) is 13.8. The molecule has 0 saturated carbocycles. The number of esters is 1. The molecule has 100 valence electrons. The second-order valence-electron chi connectivity index (χ2n) is 5.50. The molecule has 0 aliphatic carbocycles. The van der Waals surface area contributed by atoms with E-state index in [0.29, 0.717) is 11.4 Å². The maximum absolute atomic E-state index is 11.8. The Labute approximate surface area is 113 Å². The van der Waals surface area contributed by atoms with E-state index >= 15 is 0 Å². The molecule has 0 amide bonds. The van der Waals surface area contributed by atoms with E-state index in [1.54, 1.807) is 12.1 Å². The number of hydrogen-bond acceptors (Lipinski definition) is 3. The largest absolute Gasteiger partial charge is 0.467 e. The van der Waals surface area contributed by atoms with E-state index in [9.17, 15) is 4.79 Å². The third-order valence-corrected chi connectivity index (χ3v) is 2.70. The van der Waals surface area contributed by atoms with E-state index in [4.69, 9.17) is 16.3 Å². The van der Waals surface area contributed by atoms with E-state index in [1.165, 1.54) is 7.11 Å². The van der Waals surface area contributed by atoms with Crippen LogP contribution in [0.15, 0.2) is 24.3 Å². The van der Waals surface area contributed by atoms with E-state index in [-0.39, 0.29) is 17.4 Å². The minimum atomic E-state index is -0.367. The number of benzene rings is 1. The molecule has 0 aliphatic rings. The molecule has 1 rings (SSSR count). The van der Waals surface area contributed by atoms with Gasteiger partial charge < -0.3 is 10.1 Å². The Bertz CT molecular complexity index is 413. The SMILES string of the molecule is COC(=O)C(CC(C)(C)C)Nc1cccc(Cl)c1. The van der Waals surface area contributed by atoms with Gasteiger partial charge in [-0.15, -0.1) is 0 Å². The molecule has 0 saturated heterocycles. The van der Waals surface area contributed by atoms with E-state index in [1.807, 2.05) is 12.1 Å². The highest BCUT2D eigenvalue weighted by Crippen LogP contribution is 2.24. The number of carbonyl (C=O) groups is 1. The summed E-state index contributed by atoms with van der Waals surface area (Å²) in [4.78, 5) is 11.8. The molecular formula is C14H20ClNO2. The number of ether oxygens (including phenoxy) is 1. The molecule has 18 heavy (non-hydrogen) atoms. The lowest BCUT2D eigenvalue weighted by Crippen LogP contribution is -2.34. The first-order valence-corrected chi connectivity index (χ1v) is 6.29. The highest BCUT2D eigenvalue weighted by atomic mass is 35.5. The standard InChI is InChI=1S/C14H20ClNO2/c1-14(2,3)9-12(13(17)18-4)16-11-7-5-6-10(15)8-11/h5-8,12,16H,9H2,1-4H3. The molecule has 0 heterocycles. The summed E-state index contributed by atoms with van der Waals surface area (Å²) in [6.07, 6.45) is 0.687. The first-order chi connectivity index (χ1) is 8.31. The lowest BCUT2D eigenvalue weighted by molar-refractivity contribution is -0.142. The van der Waals surface area contributed by atoms with Crippen LogP contribution < -0.4 is 5.32 Å². The minimum absolute atomic E-state index is 0.0322. The molecule has 1 unspecified atom stereocenters. The van der Waals surface area contributed by atoms with Crippen LogP contribution in [0.4, 0.5) is 5.69 Å². The van der Waals surface area contributed by atoms with Crippen molar-refractivity contribution in [2.45, 2.75) is 33.2 Å². The fourth-order valence-corrected chi connectivity index (χ4v) is 1.92. The molecule has 1 aromatic carbocycles. The summed E-state index contributed by atoms with van der Waals surface area (Å²) in [7, 11) is 1.40. The van der Waals surface area contributed by atoms with Crippen LogP contribution >= 0.6 is 11.6 Å². The van der Waals surface area contributed by atoms with E-state index < -0.39 is 0 Å². The van der Waals surface area contributed by atoms with Crippen molar-refractivity contribution in [1.29, 1.82) is 0 Å². The van der Waals surface area contributed by atoms with Gasteiger partial charge in [-0.25, -0.2) is 4.79 Å². The second-order valence-corrected chi connectivity index (χ2v) is 5.93. The van der Waals surface area contributed by atoms with Gasteiger partial charge in [0.25, 0.3) is 0 Å². The molecule has 1 atom stereocenters. The van der Waals surface area contributed by atoms with Crippen molar-refractivity contribution in [2.75, 3.05) is 12.4 Å². The third-order valence-electron chi connectivity index (χ3n) is 2.47. The maximum Gasteiger partial charge on any atom is 0.328 e. The number of rotatable bonds is 4. The molecule has 1 N–H and O–H groups in total. The van der Waals surface area contributed by atoms with Crippen molar-refractivity contribution >= 4 is 23.3 Å². The van der Waals surface area contributed by atoms with Gasteiger partial charge in [0.05, 0.1) is 7.11 Å². The Morgan fingerprint density at radius 3 is 2.61 bits per heavy atom. The number of halogens is 1. The predicted molar refractivity (Wildman–Crippen MR) is 75.0 cm³/mol. The van der Waals surface area contributed by atoms with Gasteiger partial charge in [-0.05, 0) is 30.0 Å². The van der Waals surface area contributed by atoms with Crippen LogP contribution in [-0.4, -0.2) is 19.1 Å². The third kappa shape index (κ3) is 4.96. The molecule has 0 radical (unpaired) electrons. The maximum atomic E-state index is 11.8. The van der Waals surface area contributed by atoms with Crippen molar-refractivity contribution in [2.24, 2.45) is 5.41 Å². The van der Waals surface area contributed by atoms with Crippen LogP contribution in [0, 0.1) is 5.41 Å². The van der Waals surface area contributed by atoms with Gasteiger partial charge in [0.1, 0.15) is 6.04 Å². The van der Waals surface area contributed by atoms with Crippen LogP contribution in [0.25, 0.3) is 0 Å². The molecule has 0 fully saturated rings. The number of anilines is 1. The number of methoxy groups -OCH3 is 1. The highest BCUT2D eigenvalue weighted by Gasteiger charge is 2.25. The van der Waals surface area contributed by atoms with Gasteiger partial charge in [0.2, 0.25) is 0 Å². The molecule has 0 bridgehead atoms. The van der Waals surface area contributed by atoms with E-state index in [0.717, 1.165) is 5.69 Å². The summed E-state index contributed by atoms with van der Waals surface area (Å²) in [5.41, 5.74) is 0.854. The van der Waals surface area contributed by atoms with Crippen LogP contribution in [0.2, 0.25) is 5.02 Å². The fourth-order valence-electron chi connectivity index (χ4n) is 1.73. The Hall–Kier alpha value is -1.22. The molecular weight excluding hydrogens is 250 g/mol. The van der Waals surface area contributed by atoms with Gasteiger partial charge in [0.15, 0.2) is 0 Å². The van der Waals surface area contributed by atoms with Gasteiger partial charge >= 0.3 is 5.97 Å². The smallest absolute Gasteiger partial charge is 0.328 e. The van der Waals surface area contributed by atoms with Crippen molar-refractivity contribution in [3.63, 3.8) is 0 Å². The fraction of sp³-hybridized carbons (Fsp3) is 0.500. The first-order valence-electron chi connectivity index (χ1n) is 5.92. The summed E-state index contributed by atoms with van der Waals surface area (Å²) < 4.78 is 4.83. The predicted octanol–water partition coefficient (Wildman–Crippen LogP) is 3.73. The van der Waals surface area contributed by atoms with Crippen LogP contribution in [0.1, 0.15) is 27.2 Å². The molecule has 1 aromatic rings. The van der Waals surface area contributed by atoms with Crippen molar-refractivity contribution in [3.8, 4) is 0 Å². The highest BCUT2D eigenvalue weighted by molar-refractivity contribution is 6.30. The van der Waals surface area contributed by atoms with Crippen molar-refractivity contribution in [1.82, 2.24) is 0 Å². The van der Waals surface area contributed by atoms with Crippen LogP contribution in [-0.2, 0) is 9.53 Å². The average Bonchev–Trinajstić information content (AvgIpc) is 2.25. The Kier molecular flexibility index (Phi) is 5.03. The Morgan fingerprint density at radius 1 is 1.44 bits per heavy atom. The zero-order valence-electron chi connectivity index (χ0n) is 11.3. The lowest BCUT2D eigenvalue weighted by Gasteiger charge is -2.25. The van der Waals surface area contributed by atoms with Gasteiger partial charge in [0, 0.05) is 10.7 Å². The van der Waals surface area contributed by atoms with Gasteiger partial charge in [-0.3, -0.25) is 0 Å². The van der Waals surface area contributed by atoms with Crippen LogP contribution in [0.5, 0.6) is 0 Å². The van der Waals surface area contributed by atoms with Gasteiger partial charge in [-0.2, -0.15) is 0 Å². The minimum Gasteiger partial charge on any atom is -0.467 e. The van der Waals surface area contributed by atoms with Gasteiger partial charge in [-0.1, -0.05) is 38.4 Å². The molecule has 0 aliphatic heterocycles. The van der Waals surface area contributed by atoms with E-state index in [2.05, 4.69) is 26.1 Å². The molecule has 0 aromatic heterocycles. The molecule has 4 heteroatoms. The monoisotopic (exact) mass is 269 g/mol.